The Morgan fingerprint density at radius 2 is 1.79 bits per heavy atom. The molecule has 0 amide bonds. The molecule has 108 valence electrons. The number of nitrogen functional groups attached to an aromatic ring is 1. The van der Waals surface area contributed by atoms with Crippen LogP contribution in [0.5, 0.6) is 5.75 Å². The van der Waals surface area contributed by atoms with Crippen LogP contribution in [0.25, 0.3) is 0 Å². The highest BCUT2D eigenvalue weighted by molar-refractivity contribution is 6.04. The minimum absolute atomic E-state index is 0. The molecule has 0 spiro atoms. The summed E-state index contributed by atoms with van der Waals surface area (Å²) >= 11 is 0. The maximum atomic E-state index is 11.7. The zero-order valence-corrected chi connectivity index (χ0v) is 11.8. The molecule has 1 aromatic rings. The fourth-order valence-electron chi connectivity index (χ4n) is 1.50. The molecule has 0 aliphatic rings. The number of carbonyl (C=O) groups excluding carboxylic acids is 1. The first-order chi connectivity index (χ1) is 8.02. The van der Waals surface area contributed by atoms with Crippen molar-refractivity contribution in [2.24, 2.45) is 5.73 Å². The highest BCUT2D eigenvalue weighted by atomic mass is 35.5. The summed E-state index contributed by atoms with van der Waals surface area (Å²) in [6, 6.07) is 2.67. The lowest BCUT2D eigenvalue weighted by Crippen LogP contribution is -2.12. The maximum Gasteiger partial charge on any atom is 0.339 e. The molecule has 6 nitrogen and oxygen atoms in total. The lowest BCUT2D eigenvalue weighted by molar-refractivity contribution is 0.0693. The van der Waals surface area contributed by atoms with Crippen molar-refractivity contribution in [3.63, 3.8) is 0 Å². The Kier molecular flexibility index (Phi) is 8.95. The molecular formula is C11H16Cl2N2O4. The van der Waals surface area contributed by atoms with Crippen LogP contribution in [0.1, 0.15) is 27.1 Å². The molecule has 0 atom stereocenters. The van der Waals surface area contributed by atoms with E-state index in [4.69, 9.17) is 21.3 Å². The van der Waals surface area contributed by atoms with Crippen molar-refractivity contribution in [3.05, 3.63) is 23.3 Å². The van der Waals surface area contributed by atoms with Gasteiger partial charge >= 0.3 is 5.97 Å². The molecule has 8 heteroatoms. The third kappa shape index (κ3) is 4.27. The van der Waals surface area contributed by atoms with E-state index in [-0.39, 0.29) is 66.1 Å². The Morgan fingerprint density at radius 1 is 1.26 bits per heavy atom. The number of nitrogens with two attached hydrogens (primary N) is 2. The van der Waals surface area contributed by atoms with E-state index in [9.17, 15) is 9.59 Å². The number of halogens is 2. The monoisotopic (exact) mass is 310 g/mol. The predicted molar refractivity (Wildman–Crippen MR) is 76.9 cm³/mol. The standard InChI is InChI=1S/C11H14N2O4.2ClH/c1-17-10-7(11(15)16)3-2-6(9(10)13)8(14)4-5-12;;/h2-3H,4-5,12-13H2,1H3,(H,15,16);2*1H. The van der Waals surface area contributed by atoms with Crippen molar-refractivity contribution in [3.8, 4) is 5.75 Å². The first-order valence-corrected chi connectivity index (χ1v) is 4.96. The van der Waals surface area contributed by atoms with Crippen molar-refractivity contribution in [2.45, 2.75) is 6.42 Å². The van der Waals surface area contributed by atoms with Crippen LogP contribution in [0, 0.1) is 0 Å². The summed E-state index contributed by atoms with van der Waals surface area (Å²) in [5.74, 6) is -1.40. The van der Waals surface area contributed by atoms with Crippen molar-refractivity contribution in [2.75, 3.05) is 19.4 Å². The lowest BCUT2D eigenvalue weighted by Gasteiger charge is -2.11. The first-order valence-electron chi connectivity index (χ1n) is 4.96. The van der Waals surface area contributed by atoms with Gasteiger partial charge in [0.05, 0.1) is 12.8 Å². The summed E-state index contributed by atoms with van der Waals surface area (Å²) in [5.41, 5.74) is 11.2. The number of carboxylic acids is 1. The molecule has 1 aromatic carbocycles. The molecule has 0 aliphatic carbocycles. The normalized spacial score (nSPS) is 8.95. The van der Waals surface area contributed by atoms with E-state index in [1.807, 2.05) is 0 Å². The number of ether oxygens (including phenoxy) is 1. The van der Waals surface area contributed by atoms with E-state index in [0.717, 1.165) is 0 Å². The van der Waals surface area contributed by atoms with Gasteiger partial charge in [0, 0.05) is 12.0 Å². The number of methoxy groups -OCH3 is 1. The van der Waals surface area contributed by atoms with Gasteiger partial charge in [-0.2, -0.15) is 0 Å². The van der Waals surface area contributed by atoms with Crippen LogP contribution in [-0.4, -0.2) is 30.5 Å². The van der Waals surface area contributed by atoms with Gasteiger partial charge in [-0.25, -0.2) is 4.79 Å². The highest BCUT2D eigenvalue weighted by Gasteiger charge is 2.19. The van der Waals surface area contributed by atoms with E-state index in [0.29, 0.717) is 0 Å². The number of carbonyl (C=O) groups is 2. The van der Waals surface area contributed by atoms with E-state index in [1.54, 1.807) is 0 Å². The number of anilines is 1. The van der Waals surface area contributed by atoms with Crippen molar-refractivity contribution in [1.82, 2.24) is 0 Å². The summed E-state index contributed by atoms with van der Waals surface area (Å²) in [6.07, 6.45) is 0.153. The Morgan fingerprint density at radius 3 is 2.21 bits per heavy atom. The van der Waals surface area contributed by atoms with Crippen LogP contribution < -0.4 is 16.2 Å². The second kappa shape index (κ2) is 8.58. The minimum atomic E-state index is -1.16. The number of Topliss-reactive ketones (excluding diaryl/α,β-unsaturated/α-hetero) is 1. The van der Waals surface area contributed by atoms with Gasteiger partial charge in [-0.1, -0.05) is 0 Å². The van der Waals surface area contributed by atoms with Gasteiger partial charge in [0.15, 0.2) is 11.5 Å². The van der Waals surface area contributed by atoms with Gasteiger partial charge in [-0.15, -0.1) is 24.8 Å². The molecule has 5 N–H and O–H groups in total. The zero-order valence-electron chi connectivity index (χ0n) is 10.2. The van der Waals surface area contributed by atoms with E-state index < -0.39 is 5.97 Å². The summed E-state index contributed by atoms with van der Waals surface area (Å²) in [5, 5.41) is 8.91. The van der Waals surface area contributed by atoms with E-state index in [2.05, 4.69) is 0 Å². The van der Waals surface area contributed by atoms with E-state index in [1.165, 1.54) is 19.2 Å². The quantitative estimate of drug-likeness (QED) is 0.558. The van der Waals surface area contributed by atoms with Crippen LogP contribution in [0.15, 0.2) is 12.1 Å². The van der Waals surface area contributed by atoms with Gasteiger partial charge < -0.3 is 21.3 Å². The third-order valence-corrected chi connectivity index (χ3v) is 2.30. The summed E-state index contributed by atoms with van der Waals surface area (Å²) in [4.78, 5) is 22.6. The molecule has 0 unspecified atom stereocenters. The Balaban J connectivity index is 0. The first kappa shape index (κ1) is 19.8. The molecule has 0 radical (unpaired) electrons. The Labute approximate surface area is 122 Å². The number of rotatable bonds is 5. The second-order valence-corrected chi connectivity index (χ2v) is 3.37. The summed E-state index contributed by atoms with van der Waals surface area (Å²) < 4.78 is 4.92. The smallest absolute Gasteiger partial charge is 0.339 e. The molecule has 0 heterocycles. The Bertz CT molecular complexity index is 466. The largest absolute Gasteiger partial charge is 0.494 e. The lowest BCUT2D eigenvalue weighted by atomic mass is 10.0. The molecule has 19 heavy (non-hydrogen) atoms. The van der Waals surface area contributed by atoms with Gasteiger partial charge in [0.2, 0.25) is 0 Å². The van der Waals surface area contributed by atoms with Gasteiger partial charge in [0.1, 0.15) is 5.56 Å². The average molecular weight is 311 g/mol. The van der Waals surface area contributed by atoms with Crippen LogP contribution in [0.3, 0.4) is 0 Å². The van der Waals surface area contributed by atoms with Gasteiger partial charge in [-0.05, 0) is 18.7 Å². The molecule has 0 saturated carbocycles. The number of aromatic carboxylic acids is 1. The average Bonchev–Trinajstić information content (AvgIpc) is 2.28. The SMILES string of the molecule is COc1c(C(=O)O)ccc(C(=O)CCN)c1N.Cl.Cl. The van der Waals surface area contributed by atoms with Crippen LogP contribution in [0.2, 0.25) is 0 Å². The minimum Gasteiger partial charge on any atom is -0.494 e. The zero-order chi connectivity index (χ0) is 13.0. The Hall–Kier alpha value is -1.50. The highest BCUT2D eigenvalue weighted by Crippen LogP contribution is 2.30. The van der Waals surface area contributed by atoms with Crippen molar-refractivity contribution >= 4 is 42.3 Å². The van der Waals surface area contributed by atoms with Gasteiger partial charge in [-0.3, -0.25) is 4.79 Å². The number of benzene rings is 1. The fourth-order valence-corrected chi connectivity index (χ4v) is 1.50. The topological polar surface area (TPSA) is 116 Å². The molecule has 0 fully saturated rings. The van der Waals surface area contributed by atoms with Crippen LogP contribution in [0.4, 0.5) is 5.69 Å². The maximum absolute atomic E-state index is 11.7. The molecule has 0 aliphatic heterocycles. The second-order valence-electron chi connectivity index (χ2n) is 3.37. The van der Waals surface area contributed by atoms with Crippen molar-refractivity contribution < 1.29 is 19.4 Å². The molecule has 1 rings (SSSR count). The number of hydrogen-bond acceptors (Lipinski definition) is 5. The van der Waals surface area contributed by atoms with Crippen LogP contribution in [-0.2, 0) is 0 Å². The number of carboxylic acid groups (broad SMARTS) is 1. The predicted octanol–water partition coefficient (Wildman–Crippen LogP) is 1.35. The van der Waals surface area contributed by atoms with Crippen molar-refractivity contribution in [1.29, 1.82) is 0 Å². The summed E-state index contributed by atoms with van der Waals surface area (Å²) in [6.45, 7) is 0.210. The third-order valence-electron chi connectivity index (χ3n) is 2.30. The molecular weight excluding hydrogens is 295 g/mol. The number of hydrogen-bond donors (Lipinski definition) is 3. The van der Waals surface area contributed by atoms with Crippen LogP contribution >= 0.6 is 24.8 Å². The van der Waals surface area contributed by atoms with E-state index >= 15 is 0 Å². The molecule has 0 bridgehead atoms. The summed E-state index contributed by atoms with van der Waals surface area (Å²) in [7, 11) is 1.30. The fraction of sp³-hybridized carbons (Fsp3) is 0.273. The van der Waals surface area contributed by atoms with Gasteiger partial charge in [0.25, 0.3) is 0 Å². The molecule has 0 aromatic heterocycles. The number of ketones is 1. The molecule has 0 saturated heterocycles.